The first-order chi connectivity index (χ1) is 64.6. The Balaban J connectivity index is 0.000000159. The molecule has 21 heteroatoms. The van der Waals surface area contributed by atoms with E-state index < -0.39 is 56.6 Å². The van der Waals surface area contributed by atoms with Crippen molar-refractivity contribution < 1.29 is 93.6 Å². The third-order valence-corrected chi connectivity index (χ3v) is 28.7. The highest BCUT2D eigenvalue weighted by Crippen LogP contribution is 2.46. The Labute approximate surface area is 803 Å². The van der Waals surface area contributed by atoms with E-state index in [1.165, 1.54) is 81.8 Å². The lowest BCUT2D eigenvalue weighted by molar-refractivity contribution is -0.275. The summed E-state index contributed by atoms with van der Waals surface area (Å²) in [5.74, 6) is 7.29. The van der Waals surface area contributed by atoms with Crippen molar-refractivity contribution >= 4 is 0 Å². The lowest BCUT2D eigenvalue weighted by atomic mass is 9.81. The molecule has 0 heterocycles. The fourth-order valence-corrected chi connectivity index (χ4v) is 21.5. The summed E-state index contributed by atoms with van der Waals surface area (Å²) >= 11 is 0. The molecule has 0 fully saturated rings. The van der Waals surface area contributed by atoms with Crippen molar-refractivity contribution in [3.63, 3.8) is 0 Å². The second kappa shape index (κ2) is 49.4. The van der Waals surface area contributed by atoms with E-state index in [0.29, 0.717) is 94.3 Å². The molecule has 0 spiro atoms. The molecule has 0 bridgehead atoms. The Bertz CT molecular complexity index is 5490. The molecule has 18 rings (SSSR count). The predicted molar refractivity (Wildman–Crippen MR) is 518 cm³/mol. The molecular formula is C116H143F17O4. The topological polar surface area (TPSA) is 36.9 Å². The van der Waals surface area contributed by atoms with E-state index in [1.807, 2.05) is 90.1 Å². The summed E-state index contributed by atoms with van der Waals surface area (Å²) in [5, 5.41) is 0. The van der Waals surface area contributed by atoms with Crippen LogP contribution in [0, 0.1) is 121 Å². The van der Waals surface area contributed by atoms with E-state index in [1.54, 1.807) is 45.0 Å². The number of benzene rings is 9. The van der Waals surface area contributed by atoms with Gasteiger partial charge in [0.2, 0.25) is 13.7 Å². The Morgan fingerprint density at radius 1 is 0.307 bits per heavy atom. The maximum Gasteiger partial charge on any atom is 0.573 e. The lowest BCUT2D eigenvalue weighted by Crippen LogP contribution is -2.21. The molecule has 137 heavy (non-hydrogen) atoms. The zero-order valence-electron chi connectivity index (χ0n) is 83.5. The number of aryl methyl sites for hydroxylation is 14. The highest BCUT2D eigenvalue weighted by atomic mass is 19.4. The average Bonchev–Trinajstić information content (AvgIpc) is 0.737. The molecule has 9 aliphatic rings. The van der Waals surface area contributed by atoms with Gasteiger partial charge >= 0.3 is 25.3 Å². The van der Waals surface area contributed by atoms with E-state index in [2.05, 4.69) is 102 Å². The van der Waals surface area contributed by atoms with Crippen LogP contribution in [0.5, 0.6) is 23.0 Å². The Morgan fingerprint density at radius 3 is 1.08 bits per heavy atom. The summed E-state index contributed by atoms with van der Waals surface area (Å²) in [5.41, 5.74) is 27.0. The van der Waals surface area contributed by atoms with Gasteiger partial charge in [-0.3, -0.25) is 0 Å². The normalized spacial score (nSPS) is 20.3. The van der Waals surface area contributed by atoms with Gasteiger partial charge in [-0.05, 0) is 446 Å². The average molecular weight is 1920 g/mol. The summed E-state index contributed by atoms with van der Waals surface area (Å²) in [6.45, 7) is 31.7. The highest BCUT2D eigenvalue weighted by molar-refractivity contribution is 5.52. The molecule has 0 saturated carbocycles. The fourth-order valence-electron chi connectivity index (χ4n) is 21.5. The van der Waals surface area contributed by atoms with E-state index >= 15 is 0 Å². The summed E-state index contributed by atoms with van der Waals surface area (Å²) in [6.07, 6.45) is 10.6. The van der Waals surface area contributed by atoms with Crippen LogP contribution < -0.4 is 18.9 Å². The van der Waals surface area contributed by atoms with E-state index in [9.17, 15) is 74.6 Å². The van der Waals surface area contributed by atoms with Crippen LogP contribution in [0.25, 0.3) is 0 Å². The van der Waals surface area contributed by atoms with Gasteiger partial charge in [0.1, 0.15) is 35.5 Å². The van der Waals surface area contributed by atoms with E-state index in [4.69, 9.17) is 9.47 Å². The van der Waals surface area contributed by atoms with Crippen LogP contribution in [-0.2, 0) is 135 Å². The smallest absolute Gasteiger partial charge is 0.463 e. The standard InChI is InChI=1S/C13H15F3O.2C13H15F3.C13H16F2O.C13H16F2.2C13H17FO.C13H17F.C12H15F/c1-8-3-6-11-10(7-8)5-4-9(2)12(11)17-13(14,15)16;1-8-3-6-11-10(7-8)5-4-9(2)12(11)13(14,15)16;1-8-3-4-10-5-9(2)7-12(11(10)6-8)13(14,15)16;1-8-3-6-11-10(7-8)5-4-9(2)12(11)16-13(14)15;1-8-3-4-10-5-9(2)7-12(13(14)15)11(10)6-8;1-9-3-6-12-11(7-9)5-4-10(2)13(12)15-8-14;1-9-3-4-11-5-10(2)7-13(15-8-14)12(11)6-9;1-9-3-4-11-5-10(2)6-12(8-14)13(11)7-9;1-8-3-4-10-5-9(2)7-12(13)11(10)6-8/h4-5,8H,3,6-7H2,1-2H3;4-5,8H,3,6-7H2,1-2H3;5,7-8H,3-4,6H2,1-2H3;4-5,8,13H,3,6-7H2,1-2H3;5,7-8,13H,3-4,6H2,1-2H3;4-5,9H,3,6-8H2,1-2H3;5,7,9H,3-4,6,8H2,1-2H3;5-6,9H,3-4,7-8H2,1-2H3;5,7-8H,3-4,6H2,1-2H3. The van der Waals surface area contributed by atoms with Gasteiger partial charge in [-0.25, -0.2) is 26.3 Å². The van der Waals surface area contributed by atoms with Gasteiger partial charge in [0.25, 0.3) is 6.43 Å². The first-order valence-corrected chi connectivity index (χ1v) is 49.4. The minimum atomic E-state index is -4.61. The van der Waals surface area contributed by atoms with Crippen LogP contribution in [0.15, 0.2) is 109 Å². The Kier molecular flexibility index (Phi) is 39.7. The van der Waals surface area contributed by atoms with Crippen LogP contribution >= 0.6 is 0 Å². The van der Waals surface area contributed by atoms with Gasteiger partial charge in [-0.2, -0.15) is 35.1 Å². The first kappa shape index (κ1) is 110. The summed E-state index contributed by atoms with van der Waals surface area (Å²) < 4.78 is 235. The highest BCUT2D eigenvalue weighted by Gasteiger charge is 2.40. The molecule has 0 radical (unpaired) electrons. The number of ether oxygens (including phenoxy) is 4. The van der Waals surface area contributed by atoms with Gasteiger partial charge < -0.3 is 18.9 Å². The molecule has 9 atom stereocenters. The van der Waals surface area contributed by atoms with Crippen molar-refractivity contribution in [2.45, 2.75) is 336 Å². The monoisotopic (exact) mass is 1920 g/mol. The Morgan fingerprint density at radius 2 is 0.642 bits per heavy atom. The van der Waals surface area contributed by atoms with Crippen molar-refractivity contribution in [1.29, 1.82) is 0 Å². The summed E-state index contributed by atoms with van der Waals surface area (Å²) in [7, 11) is 0. The molecular weight excluding hydrogens is 1780 g/mol. The first-order valence-electron chi connectivity index (χ1n) is 49.4. The molecule has 9 aliphatic carbocycles. The molecule has 4 nitrogen and oxygen atoms in total. The number of fused-ring (bicyclic) bond motifs is 9. The second-order valence-corrected chi connectivity index (χ2v) is 41.2. The zero-order chi connectivity index (χ0) is 100. The van der Waals surface area contributed by atoms with Crippen LogP contribution in [0.4, 0.5) is 74.6 Å². The third-order valence-electron chi connectivity index (χ3n) is 28.7. The lowest BCUT2D eigenvalue weighted by Gasteiger charge is -2.26. The van der Waals surface area contributed by atoms with Crippen LogP contribution in [0.1, 0.15) is 299 Å². The molecule has 0 aliphatic heterocycles. The van der Waals surface area contributed by atoms with Crippen molar-refractivity contribution in [1.82, 2.24) is 0 Å². The van der Waals surface area contributed by atoms with E-state index in [-0.39, 0.29) is 23.8 Å². The third kappa shape index (κ3) is 31.0. The van der Waals surface area contributed by atoms with E-state index in [0.717, 1.165) is 230 Å². The SMILES string of the molecule is Cc1cc(CF)c2c(c1)CCC(C)C2.Cc1cc(F)c2c(c1)CCC(C)C2.Cc1cc2c(c(C(F)(F)F)c1)CC(C)CC2.Cc1cc2c(c(C(F)F)c1)CC(C)CC2.Cc1cc2c(c(OCF)c1)CC(C)CC2.Cc1ccc2c(c1C(F)(F)F)CCC(C)C2.Cc1ccc2c(c1OC(F)(F)F)CCC(C)C2.Cc1ccc2c(c1OC(F)F)CCC(C)C2.Cc1ccc2c(c1OCF)CCC(C)C2. The van der Waals surface area contributed by atoms with Crippen LogP contribution in [-0.4, -0.2) is 26.7 Å². The Hall–Kier alpha value is -9.01. The maximum absolute atomic E-state index is 13.5. The number of hydrogen-bond donors (Lipinski definition) is 0. The summed E-state index contributed by atoms with van der Waals surface area (Å²) in [4.78, 5) is 0. The quantitative estimate of drug-likeness (QED) is 0.135. The van der Waals surface area contributed by atoms with Gasteiger partial charge in [-0.1, -0.05) is 170 Å². The van der Waals surface area contributed by atoms with Crippen molar-refractivity contribution in [3.05, 3.63) is 287 Å². The van der Waals surface area contributed by atoms with Gasteiger partial charge in [-0.15, -0.1) is 13.2 Å². The molecule has 0 aromatic heterocycles. The van der Waals surface area contributed by atoms with Crippen LogP contribution in [0.2, 0.25) is 0 Å². The fraction of sp³-hybridized carbons (Fsp3) is 0.534. The molecule has 0 amide bonds. The van der Waals surface area contributed by atoms with Crippen molar-refractivity contribution in [3.8, 4) is 23.0 Å². The van der Waals surface area contributed by atoms with Crippen molar-refractivity contribution in [2.24, 2.45) is 53.3 Å². The van der Waals surface area contributed by atoms with Gasteiger partial charge in [0.15, 0.2) is 0 Å². The predicted octanol–water partition coefficient (Wildman–Crippen LogP) is 33.8. The number of alkyl halides is 16. The molecule has 750 valence electrons. The van der Waals surface area contributed by atoms with Gasteiger partial charge in [0.05, 0.1) is 11.1 Å². The minimum absolute atomic E-state index is 0.00144. The van der Waals surface area contributed by atoms with Crippen molar-refractivity contribution in [2.75, 3.05) is 13.7 Å². The molecule has 0 N–H and O–H groups in total. The molecule has 9 aromatic rings. The number of halogens is 17. The summed E-state index contributed by atoms with van der Waals surface area (Å²) in [6, 6.07) is 34.2. The minimum Gasteiger partial charge on any atom is -0.463 e. The largest absolute Gasteiger partial charge is 0.573 e. The molecule has 9 aromatic carbocycles. The zero-order valence-corrected chi connectivity index (χ0v) is 83.5. The number of rotatable bonds is 9. The molecule has 0 saturated heterocycles. The van der Waals surface area contributed by atoms with Crippen LogP contribution in [0.3, 0.4) is 0 Å². The maximum atomic E-state index is 13.5. The molecule has 9 unspecified atom stereocenters. The number of hydrogen-bond acceptors (Lipinski definition) is 4. The second-order valence-electron chi connectivity index (χ2n) is 41.2. The van der Waals surface area contributed by atoms with Gasteiger partial charge in [0, 0.05) is 5.56 Å².